The molecule has 0 atom stereocenters. The number of pyridine rings is 1. The molecule has 0 fully saturated rings. The first-order valence-corrected chi connectivity index (χ1v) is 7.15. The van der Waals surface area contributed by atoms with Crippen molar-refractivity contribution in [2.45, 2.75) is 13.5 Å². The molecule has 0 aliphatic rings. The van der Waals surface area contributed by atoms with Crippen molar-refractivity contribution in [1.82, 2.24) is 29.5 Å². The molecule has 0 unspecified atom stereocenters. The molecular formula is C15H16N6O3. The maximum Gasteiger partial charge on any atom is 0.346 e. The van der Waals surface area contributed by atoms with Crippen molar-refractivity contribution in [2.75, 3.05) is 7.11 Å². The van der Waals surface area contributed by atoms with Gasteiger partial charge in [-0.1, -0.05) is 0 Å². The molecule has 0 spiro atoms. The third-order valence-corrected chi connectivity index (χ3v) is 3.27. The van der Waals surface area contributed by atoms with Crippen LogP contribution in [0.5, 0.6) is 5.88 Å². The van der Waals surface area contributed by atoms with E-state index in [9.17, 15) is 4.79 Å². The van der Waals surface area contributed by atoms with Gasteiger partial charge in [0.25, 0.3) is 0 Å². The van der Waals surface area contributed by atoms with Gasteiger partial charge in [0.2, 0.25) is 5.88 Å². The Morgan fingerprint density at radius 1 is 1.33 bits per heavy atom. The van der Waals surface area contributed by atoms with E-state index in [1.807, 2.05) is 6.92 Å². The zero-order chi connectivity index (χ0) is 17.1. The van der Waals surface area contributed by atoms with Crippen LogP contribution >= 0.6 is 0 Å². The lowest BCUT2D eigenvalue weighted by molar-refractivity contribution is 0.0714. The molecule has 3 heterocycles. The number of hydrogen-bond acceptors (Lipinski definition) is 7. The number of nitrogens with zero attached hydrogens (tertiary/aromatic N) is 6. The minimum atomic E-state index is -0.525. The molecule has 0 radical (unpaired) electrons. The molecule has 0 aromatic carbocycles. The summed E-state index contributed by atoms with van der Waals surface area (Å²) in [5.74, 6) is 0.372. The summed E-state index contributed by atoms with van der Waals surface area (Å²) in [6.07, 6.45) is 2.93. The molecule has 9 heteroatoms. The van der Waals surface area contributed by atoms with Crippen molar-refractivity contribution >= 4 is 5.97 Å². The summed E-state index contributed by atoms with van der Waals surface area (Å²) in [7, 11) is 3.24. The van der Waals surface area contributed by atoms with Crippen LogP contribution in [-0.2, 0) is 18.4 Å². The number of carbonyl (C=O) groups excluding carboxylic acids is 1. The van der Waals surface area contributed by atoms with Crippen molar-refractivity contribution in [3.8, 4) is 11.7 Å². The highest BCUT2D eigenvalue weighted by molar-refractivity contribution is 5.92. The van der Waals surface area contributed by atoms with Crippen LogP contribution in [0.1, 0.15) is 21.7 Å². The Balaban J connectivity index is 1.91. The minimum absolute atomic E-state index is 0.164. The van der Waals surface area contributed by atoms with E-state index in [1.54, 1.807) is 25.2 Å². The summed E-state index contributed by atoms with van der Waals surface area (Å²) in [5.41, 5.74) is 1.53. The predicted octanol–water partition coefficient (Wildman–Crippen LogP) is 1.07. The normalized spacial score (nSPS) is 10.8. The fraction of sp³-hybridized carbons (Fsp3) is 0.267. The third-order valence-electron chi connectivity index (χ3n) is 3.27. The quantitative estimate of drug-likeness (QED) is 0.646. The Morgan fingerprint density at radius 2 is 2.17 bits per heavy atom. The Hall–Kier alpha value is -3.07. The molecule has 9 nitrogen and oxygen atoms in total. The zero-order valence-electron chi connectivity index (χ0n) is 13.5. The van der Waals surface area contributed by atoms with Gasteiger partial charge in [0.05, 0.1) is 23.6 Å². The molecule has 124 valence electrons. The monoisotopic (exact) mass is 328 g/mol. The number of carbonyl (C=O) groups is 1. The van der Waals surface area contributed by atoms with Crippen LogP contribution in [0.3, 0.4) is 0 Å². The SMILES string of the molecule is COCc1nc(-n2cncn2)ccc1C(=O)Oc1cc(C)nn1C. The van der Waals surface area contributed by atoms with Gasteiger partial charge in [-0.2, -0.15) is 10.2 Å². The average molecular weight is 328 g/mol. The van der Waals surface area contributed by atoms with Gasteiger partial charge < -0.3 is 9.47 Å². The van der Waals surface area contributed by atoms with Crippen LogP contribution in [0.25, 0.3) is 5.82 Å². The van der Waals surface area contributed by atoms with E-state index in [0.29, 0.717) is 23.0 Å². The molecule has 0 aliphatic heterocycles. The number of rotatable bonds is 5. The number of esters is 1. The first-order valence-electron chi connectivity index (χ1n) is 7.15. The van der Waals surface area contributed by atoms with Crippen LogP contribution in [0.2, 0.25) is 0 Å². The molecule has 0 saturated carbocycles. The molecule has 0 saturated heterocycles. The Kier molecular flexibility index (Phi) is 4.34. The molecule has 0 bridgehead atoms. The van der Waals surface area contributed by atoms with Crippen LogP contribution in [0, 0.1) is 6.92 Å². The number of aryl methyl sites for hydroxylation is 2. The fourth-order valence-electron chi connectivity index (χ4n) is 2.21. The standard InChI is InChI=1S/C15H16N6O3/c1-10-6-14(20(2)19-10)24-15(22)11-4-5-13(18-12(11)7-23-3)21-9-16-8-17-21/h4-6,8-9H,7H2,1-3H3. The summed E-state index contributed by atoms with van der Waals surface area (Å²) in [4.78, 5) is 20.8. The summed E-state index contributed by atoms with van der Waals surface area (Å²) in [6.45, 7) is 1.99. The summed E-state index contributed by atoms with van der Waals surface area (Å²) < 4.78 is 13.5. The second-order valence-electron chi connectivity index (χ2n) is 5.07. The van der Waals surface area contributed by atoms with Gasteiger partial charge in [-0.05, 0) is 19.1 Å². The molecule has 3 rings (SSSR count). The van der Waals surface area contributed by atoms with Crippen molar-refractivity contribution in [2.24, 2.45) is 7.05 Å². The van der Waals surface area contributed by atoms with Gasteiger partial charge in [0, 0.05) is 20.2 Å². The number of ether oxygens (including phenoxy) is 2. The van der Waals surface area contributed by atoms with E-state index in [1.165, 1.54) is 29.1 Å². The number of methoxy groups -OCH3 is 1. The van der Waals surface area contributed by atoms with E-state index in [4.69, 9.17) is 9.47 Å². The molecule has 3 aromatic heterocycles. The summed E-state index contributed by atoms with van der Waals surface area (Å²) in [5, 5.41) is 8.16. The lowest BCUT2D eigenvalue weighted by Gasteiger charge is -2.10. The average Bonchev–Trinajstić information content (AvgIpc) is 3.18. The van der Waals surface area contributed by atoms with E-state index in [-0.39, 0.29) is 6.61 Å². The Bertz CT molecular complexity index is 856. The molecule has 24 heavy (non-hydrogen) atoms. The van der Waals surface area contributed by atoms with Crippen molar-refractivity contribution in [1.29, 1.82) is 0 Å². The van der Waals surface area contributed by atoms with Crippen LogP contribution in [0.4, 0.5) is 0 Å². The van der Waals surface area contributed by atoms with Crippen LogP contribution < -0.4 is 4.74 Å². The molecule has 0 amide bonds. The molecular weight excluding hydrogens is 312 g/mol. The van der Waals surface area contributed by atoms with Gasteiger partial charge in [0.15, 0.2) is 5.82 Å². The fourth-order valence-corrected chi connectivity index (χ4v) is 2.21. The van der Waals surface area contributed by atoms with Crippen LogP contribution in [0.15, 0.2) is 30.9 Å². The molecule has 0 aliphatic carbocycles. The molecule has 3 aromatic rings. The first kappa shape index (κ1) is 15.8. The summed E-state index contributed by atoms with van der Waals surface area (Å²) in [6, 6.07) is 4.98. The lowest BCUT2D eigenvalue weighted by atomic mass is 10.2. The second-order valence-corrected chi connectivity index (χ2v) is 5.07. The third kappa shape index (κ3) is 3.15. The highest BCUT2D eigenvalue weighted by Crippen LogP contribution is 2.17. The maximum atomic E-state index is 12.5. The highest BCUT2D eigenvalue weighted by Gasteiger charge is 2.18. The van der Waals surface area contributed by atoms with Gasteiger partial charge >= 0.3 is 5.97 Å². The van der Waals surface area contributed by atoms with Gasteiger partial charge in [-0.15, -0.1) is 0 Å². The van der Waals surface area contributed by atoms with Gasteiger partial charge in [-0.3, -0.25) is 0 Å². The van der Waals surface area contributed by atoms with Crippen LogP contribution in [-0.4, -0.2) is 42.6 Å². The van der Waals surface area contributed by atoms with Gasteiger partial charge in [-0.25, -0.2) is 24.1 Å². The van der Waals surface area contributed by atoms with Gasteiger partial charge in [0.1, 0.15) is 12.7 Å². The second kappa shape index (κ2) is 6.59. The zero-order valence-corrected chi connectivity index (χ0v) is 13.5. The highest BCUT2D eigenvalue weighted by atomic mass is 16.5. The van der Waals surface area contributed by atoms with E-state index >= 15 is 0 Å². The Labute approximate surface area is 137 Å². The minimum Gasteiger partial charge on any atom is -0.404 e. The van der Waals surface area contributed by atoms with Crippen molar-refractivity contribution in [3.63, 3.8) is 0 Å². The largest absolute Gasteiger partial charge is 0.404 e. The number of aromatic nitrogens is 6. The molecule has 0 N–H and O–H groups in total. The smallest absolute Gasteiger partial charge is 0.346 e. The predicted molar refractivity (Wildman–Crippen MR) is 82.8 cm³/mol. The van der Waals surface area contributed by atoms with E-state index in [2.05, 4.69) is 20.2 Å². The number of hydrogen-bond donors (Lipinski definition) is 0. The van der Waals surface area contributed by atoms with Crippen molar-refractivity contribution < 1.29 is 14.3 Å². The first-order chi connectivity index (χ1) is 11.6. The topological polar surface area (TPSA) is 97.0 Å². The summed E-state index contributed by atoms with van der Waals surface area (Å²) >= 11 is 0. The van der Waals surface area contributed by atoms with E-state index in [0.717, 1.165) is 5.69 Å². The van der Waals surface area contributed by atoms with E-state index < -0.39 is 5.97 Å². The van der Waals surface area contributed by atoms with Crippen molar-refractivity contribution in [3.05, 3.63) is 47.8 Å². The Morgan fingerprint density at radius 3 is 2.79 bits per heavy atom. The lowest BCUT2D eigenvalue weighted by Crippen LogP contribution is -2.16. The maximum absolute atomic E-state index is 12.5.